The number of phenolic OH excluding ortho intramolecular Hbond substituents is 3. The van der Waals surface area contributed by atoms with Crippen molar-refractivity contribution in [2.24, 2.45) is 0 Å². The fourth-order valence-corrected chi connectivity index (χ4v) is 3.47. The molecule has 3 aromatic carbocycles. The minimum Gasteiger partial charge on any atom is -0.506 e. The number of nitrogens with zero attached hydrogens (tertiary/aromatic N) is 3. The molecule has 171 valence electrons. The lowest BCUT2D eigenvalue weighted by molar-refractivity contribution is 0.480. The largest absolute Gasteiger partial charge is 0.506 e. The lowest BCUT2D eigenvalue weighted by Gasteiger charge is -2.01. The third-order valence-corrected chi connectivity index (χ3v) is 5.19. The molecule has 0 bridgehead atoms. The highest BCUT2D eigenvalue weighted by molar-refractivity contribution is 5.86. The number of aromatic hydroxyl groups is 3. The number of fused-ring (bicyclic) bond motifs is 3. The van der Waals surface area contributed by atoms with Crippen LogP contribution in [0.4, 0.5) is 0 Å². The van der Waals surface area contributed by atoms with Gasteiger partial charge >= 0.3 is 0 Å². The van der Waals surface area contributed by atoms with E-state index >= 15 is 0 Å². The number of rotatable bonds is 0. The summed E-state index contributed by atoms with van der Waals surface area (Å²) in [5.41, 5.74) is 3.14. The molecule has 3 N–H and O–H groups in total. The molecular weight excluding hydrogens is 453 g/mol. The maximum atomic E-state index is 9.43. The molecule has 7 heteroatoms. The summed E-state index contributed by atoms with van der Waals surface area (Å²) in [6, 6.07) is 25.6. The molecule has 6 aromatic rings. The molecule has 0 spiro atoms. The molecule has 0 atom stereocenters. The van der Waals surface area contributed by atoms with Crippen LogP contribution >= 0.6 is 0 Å². The summed E-state index contributed by atoms with van der Waals surface area (Å²) in [6.07, 6.45) is 5.04. The van der Waals surface area contributed by atoms with E-state index in [-0.39, 0.29) is 34.6 Å². The number of aryl methyl sites for hydroxylation is 1. The summed E-state index contributed by atoms with van der Waals surface area (Å²) in [7, 11) is 0. The molecule has 6 nitrogen and oxygen atoms in total. The minimum absolute atomic E-state index is 0. The van der Waals surface area contributed by atoms with Crippen molar-refractivity contribution in [2.75, 3.05) is 0 Å². The Morgan fingerprint density at radius 3 is 1.40 bits per heavy atom. The Morgan fingerprint density at radius 1 is 0.486 bits per heavy atom. The van der Waals surface area contributed by atoms with Gasteiger partial charge in [-0.15, -0.1) is 0 Å². The first-order valence-electron chi connectivity index (χ1n) is 10.6. The Morgan fingerprint density at radius 2 is 0.914 bits per heavy atom. The molecule has 0 aliphatic carbocycles. The first-order valence-corrected chi connectivity index (χ1v) is 10.6. The lowest BCUT2D eigenvalue weighted by atomic mass is 10.1. The predicted molar refractivity (Wildman–Crippen MR) is 141 cm³/mol. The number of phenols is 3. The number of hydrogen-bond acceptors (Lipinski definition) is 6. The van der Waals surface area contributed by atoms with Gasteiger partial charge in [-0.3, -0.25) is 15.0 Å². The normalized spacial score (nSPS) is 9.97. The number of aromatic nitrogens is 3. The molecule has 3 radical (unpaired) electrons. The van der Waals surface area contributed by atoms with Crippen molar-refractivity contribution in [1.82, 2.24) is 15.0 Å². The van der Waals surface area contributed by atoms with Crippen LogP contribution in [-0.2, 0) is 0 Å². The van der Waals surface area contributed by atoms with E-state index < -0.39 is 0 Å². The average Bonchev–Trinajstić information content (AvgIpc) is 2.87. The van der Waals surface area contributed by atoms with Crippen molar-refractivity contribution in [3.63, 3.8) is 0 Å². The van der Waals surface area contributed by atoms with E-state index in [0.717, 1.165) is 21.7 Å². The quantitative estimate of drug-likeness (QED) is 0.242. The highest BCUT2D eigenvalue weighted by atomic mass is 27.0. The van der Waals surface area contributed by atoms with Gasteiger partial charge in [-0.1, -0.05) is 48.5 Å². The van der Waals surface area contributed by atoms with E-state index in [0.29, 0.717) is 16.6 Å². The van der Waals surface area contributed by atoms with Crippen LogP contribution in [0.15, 0.2) is 104 Å². The molecule has 0 saturated carbocycles. The molecule has 0 aliphatic heterocycles. The van der Waals surface area contributed by atoms with Gasteiger partial charge < -0.3 is 15.3 Å². The smallest absolute Gasteiger partial charge is 0.141 e. The molecule has 0 aliphatic rings. The van der Waals surface area contributed by atoms with Gasteiger partial charge in [0.25, 0.3) is 0 Å². The first-order chi connectivity index (χ1) is 16.5. The van der Waals surface area contributed by atoms with Crippen LogP contribution in [0.3, 0.4) is 0 Å². The van der Waals surface area contributed by atoms with Crippen molar-refractivity contribution < 1.29 is 15.3 Å². The van der Waals surface area contributed by atoms with Gasteiger partial charge in [0.1, 0.15) is 33.8 Å². The van der Waals surface area contributed by atoms with E-state index in [1.54, 1.807) is 48.9 Å². The number of pyridine rings is 3. The van der Waals surface area contributed by atoms with Gasteiger partial charge in [0.2, 0.25) is 0 Å². The van der Waals surface area contributed by atoms with Crippen molar-refractivity contribution in [1.29, 1.82) is 0 Å². The number of hydrogen-bond donors (Lipinski definition) is 3. The fourth-order valence-electron chi connectivity index (χ4n) is 3.47. The Labute approximate surface area is 213 Å². The van der Waals surface area contributed by atoms with Crippen LogP contribution in [0.25, 0.3) is 32.7 Å². The van der Waals surface area contributed by atoms with E-state index in [2.05, 4.69) is 15.0 Å². The van der Waals surface area contributed by atoms with E-state index in [1.165, 1.54) is 0 Å². The molecule has 3 aromatic heterocycles. The Balaban J connectivity index is 0.000000145. The molecule has 35 heavy (non-hydrogen) atoms. The van der Waals surface area contributed by atoms with Gasteiger partial charge in [0, 0.05) is 52.1 Å². The topological polar surface area (TPSA) is 99.4 Å². The third-order valence-electron chi connectivity index (χ3n) is 5.19. The van der Waals surface area contributed by atoms with Crippen LogP contribution in [0.1, 0.15) is 5.56 Å². The zero-order chi connectivity index (χ0) is 23.9. The standard InChI is InChI=1S/C10H9NO.2C9H7NO.Al/c1-7-5-6-11-10-8(7)3-2-4-9(10)12;2*11-8-5-1-3-7-4-2-6-10-9(7)8;/h2-6,12H,1H3;2*1-6,11H;. The molecular formula is C28H23AlN3O3. The van der Waals surface area contributed by atoms with Gasteiger partial charge in [-0.25, -0.2) is 0 Å². The fraction of sp³-hybridized carbons (Fsp3) is 0.0357. The van der Waals surface area contributed by atoms with Crippen molar-refractivity contribution in [3.8, 4) is 17.2 Å². The second-order valence-corrected chi connectivity index (χ2v) is 7.51. The summed E-state index contributed by atoms with van der Waals surface area (Å²) in [6.45, 7) is 2.00. The minimum atomic E-state index is 0. The van der Waals surface area contributed by atoms with Crippen LogP contribution in [0.5, 0.6) is 17.2 Å². The zero-order valence-corrected chi connectivity index (χ0v) is 20.2. The van der Waals surface area contributed by atoms with E-state index in [1.807, 2.05) is 61.5 Å². The average molecular weight is 476 g/mol. The molecule has 0 saturated heterocycles. The van der Waals surface area contributed by atoms with Crippen molar-refractivity contribution in [3.05, 3.63) is 109 Å². The molecule has 3 heterocycles. The molecule has 0 fully saturated rings. The Hall–Kier alpha value is -4.18. The predicted octanol–water partition coefficient (Wildman–Crippen LogP) is 5.75. The highest BCUT2D eigenvalue weighted by Crippen LogP contribution is 2.24. The first kappa shape index (κ1) is 25.4. The molecule has 0 unspecified atom stereocenters. The van der Waals surface area contributed by atoms with Crippen LogP contribution in [-0.4, -0.2) is 47.6 Å². The summed E-state index contributed by atoms with van der Waals surface area (Å²) in [4.78, 5) is 12.2. The van der Waals surface area contributed by atoms with E-state index in [4.69, 9.17) is 0 Å². The highest BCUT2D eigenvalue weighted by Gasteiger charge is 2.01. The van der Waals surface area contributed by atoms with Gasteiger partial charge in [0.05, 0.1) is 0 Å². The van der Waals surface area contributed by atoms with E-state index in [9.17, 15) is 15.3 Å². The summed E-state index contributed by atoms with van der Waals surface area (Å²) < 4.78 is 0. The third kappa shape index (κ3) is 6.04. The van der Waals surface area contributed by atoms with Crippen molar-refractivity contribution >= 4 is 50.1 Å². The molecule has 6 rings (SSSR count). The number of para-hydroxylation sites is 3. The SMILES string of the molecule is Cc1ccnc2c(O)cccc12.Oc1cccc2cccnc12.Oc1cccc2cccnc12.[Al]. The zero-order valence-electron chi connectivity index (χ0n) is 19.1. The Kier molecular flexibility index (Phi) is 8.58. The van der Waals surface area contributed by atoms with Crippen LogP contribution in [0.2, 0.25) is 0 Å². The summed E-state index contributed by atoms with van der Waals surface area (Å²) in [5, 5.41) is 31.0. The maximum Gasteiger partial charge on any atom is 0.141 e. The van der Waals surface area contributed by atoms with Crippen LogP contribution < -0.4 is 0 Å². The van der Waals surface area contributed by atoms with Gasteiger partial charge in [-0.2, -0.15) is 0 Å². The summed E-state index contributed by atoms with van der Waals surface area (Å²) in [5.74, 6) is 0.724. The lowest BCUT2D eigenvalue weighted by Crippen LogP contribution is -1.81. The second-order valence-electron chi connectivity index (χ2n) is 7.51. The number of benzene rings is 3. The summed E-state index contributed by atoms with van der Waals surface area (Å²) >= 11 is 0. The van der Waals surface area contributed by atoms with Crippen molar-refractivity contribution in [2.45, 2.75) is 6.92 Å². The van der Waals surface area contributed by atoms with Gasteiger partial charge in [-0.05, 0) is 48.9 Å². The second kappa shape index (κ2) is 11.8. The molecule has 0 amide bonds. The van der Waals surface area contributed by atoms with Gasteiger partial charge in [0.15, 0.2) is 0 Å². The van der Waals surface area contributed by atoms with Crippen LogP contribution in [0, 0.1) is 6.92 Å². The maximum absolute atomic E-state index is 9.43. The monoisotopic (exact) mass is 476 g/mol. The Bertz CT molecular complexity index is 1450.